The molecule has 0 saturated carbocycles. The summed E-state index contributed by atoms with van der Waals surface area (Å²) in [7, 11) is 1.79. The maximum absolute atomic E-state index is 12.4. The number of carbonyl (C=O) groups is 1. The van der Waals surface area contributed by atoms with Crippen LogP contribution in [0.2, 0.25) is 0 Å². The molecule has 1 saturated heterocycles. The van der Waals surface area contributed by atoms with Crippen molar-refractivity contribution in [2.24, 2.45) is 7.05 Å². The highest BCUT2D eigenvalue weighted by molar-refractivity contribution is 5.94. The molecule has 0 spiro atoms. The van der Waals surface area contributed by atoms with Gasteiger partial charge in [0.1, 0.15) is 6.04 Å². The van der Waals surface area contributed by atoms with Crippen molar-refractivity contribution in [1.82, 2.24) is 24.8 Å². The van der Waals surface area contributed by atoms with Gasteiger partial charge in [-0.2, -0.15) is 10.1 Å². The first-order valence-corrected chi connectivity index (χ1v) is 6.25. The molecule has 0 aromatic carbocycles. The third-order valence-corrected chi connectivity index (χ3v) is 3.29. The first-order valence-electron chi connectivity index (χ1n) is 6.25. The number of aryl methyl sites for hydroxylation is 2. The predicted octanol–water partition coefficient (Wildman–Crippen LogP) is 1.09. The minimum Gasteiger partial charge on any atom is -0.337 e. The van der Waals surface area contributed by atoms with Crippen LogP contribution in [-0.4, -0.2) is 37.3 Å². The van der Waals surface area contributed by atoms with Crippen molar-refractivity contribution in [3.8, 4) is 0 Å². The van der Waals surface area contributed by atoms with Gasteiger partial charge in [-0.05, 0) is 19.8 Å². The van der Waals surface area contributed by atoms with Crippen LogP contribution in [0.5, 0.6) is 0 Å². The van der Waals surface area contributed by atoms with Crippen LogP contribution >= 0.6 is 0 Å². The molecule has 0 aliphatic carbocycles. The minimum atomic E-state index is -0.117. The summed E-state index contributed by atoms with van der Waals surface area (Å²) >= 11 is 0. The highest BCUT2D eigenvalue weighted by Crippen LogP contribution is 2.31. The summed E-state index contributed by atoms with van der Waals surface area (Å²) < 4.78 is 6.81. The van der Waals surface area contributed by atoms with Gasteiger partial charge in [0.05, 0.1) is 11.8 Å². The molecule has 1 amide bonds. The fraction of sp³-hybridized carbons (Fsp3) is 0.500. The van der Waals surface area contributed by atoms with Gasteiger partial charge >= 0.3 is 0 Å². The van der Waals surface area contributed by atoms with Gasteiger partial charge in [-0.25, -0.2) is 0 Å². The number of amides is 1. The molecule has 0 radical (unpaired) electrons. The lowest BCUT2D eigenvalue weighted by atomic mass is 10.2. The molecule has 1 unspecified atom stereocenters. The summed E-state index contributed by atoms with van der Waals surface area (Å²) in [5, 5.41) is 7.82. The lowest BCUT2D eigenvalue weighted by Crippen LogP contribution is -2.30. The summed E-state index contributed by atoms with van der Waals surface area (Å²) in [5.74, 6) is 1.08. The Bertz CT molecular complexity index is 603. The SMILES string of the molecule is Cc1noc(C2CCCN2C(=O)c2cnn(C)c2)n1. The molecular formula is C12H15N5O2. The van der Waals surface area contributed by atoms with E-state index in [2.05, 4.69) is 15.2 Å². The van der Waals surface area contributed by atoms with Crippen LogP contribution in [0.1, 0.15) is 41.0 Å². The van der Waals surface area contributed by atoms with Crippen LogP contribution in [0.4, 0.5) is 0 Å². The van der Waals surface area contributed by atoms with E-state index in [9.17, 15) is 4.79 Å². The van der Waals surface area contributed by atoms with Crippen molar-refractivity contribution in [2.45, 2.75) is 25.8 Å². The summed E-state index contributed by atoms with van der Waals surface area (Å²) in [4.78, 5) is 18.4. The Hall–Kier alpha value is -2.18. The van der Waals surface area contributed by atoms with Gasteiger partial charge in [0.25, 0.3) is 5.91 Å². The Labute approximate surface area is 110 Å². The zero-order chi connectivity index (χ0) is 13.4. The number of likely N-dealkylation sites (tertiary alicyclic amines) is 1. The molecular weight excluding hydrogens is 246 g/mol. The van der Waals surface area contributed by atoms with E-state index in [1.54, 1.807) is 35.9 Å². The van der Waals surface area contributed by atoms with E-state index in [1.165, 1.54) is 0 Å². The maximum atomic E-state index is 12.4. The molecule has 1 atom stereocenters. The first kappa shape index (κ1) is 11.9. The summed E-state index contributed by atoms with van der Waals surface area (Å²) in [6.45, 7) is 2.48. The molecule has 100 valence electrons. The van der Waals surface area contributed by atoms with Crippen LogP contribution in [0, 0.1) is 6.92 Å². The standard InChI is InChI=1S/C12H15N5O2/c1-8-14-11(19-15-8)10-4-3-5-17(10)12(18)9-6-13-16(2)7-9/h6-7,10H,3-5H2,1-2H3. The lowest BCUT2D eigenvalue weighted by Gasteiger charge is -2.20. The fourth-order valence-electron chi connectivity index (χ4n) is 2.41. The van der Waals surface area contributed by atoms with Crippen LogP contribution in [0.25, 0.3) is 0 Å². The Morgan fingerprint density at radius 3 is 3.00 bits per heavy atom. The number of hydrogen-bond acceptors (Lipinski definition) is 5. The number of aromatic nitrogens is 4. The highest BCUT2D eigenvalue weighted by Gasteiger charge is 2.34. The van der Waals surface area contributed by atoms with Gasteiger partial charge in [-0.15, -0.1) is 0 Å². The number of carbonyl (C=O) groups excluding carboxylic acids is 1. The van der Waals surface area contributed by atoms with E-state index in [4.69, 9.17) is 4.52 Å². The monoisotopic (exact) mass is 261 g/mol. The molecule has 3 rings (SSSR count). The molecule has 0 N–H and O–H groups in total. The van der Waals surface area contributed by atoms with Gasteiger partial charge < -0.3 is 9.42 Å². The summed E-state index contributed by atoms with van der Waals surface area (Å²) in [6, 6.07) is -0.117. The summed E-state index contributed by atoms with van der Waals surface area (Å²) in [5.41, 5.74) is 0.589. The largest absolute Gasteiger partial charge is 0.337 e. The van der Waals surface area contributed by atoms with Crippen molar-refractivity contribution in [1.29, 1.82) is 0 Å². The Morgan fingerprint density at radius 2 is 2.37 bits per heavy atom. The molecule has 0 bridgehead atoms. The van der Waals surface area contributed by atoms with Crippen molar-refractivity contribution >= 4 is 5.91 Å². The second kappa shape index (κ2) is 4.49. The number of nitrogens with zero attached hydrogens (tertiary/aromatic N) is 5. The minimum absolute atomic E-state index is 0.0357. The quantitative estimate of drug-likeness (QED) is 0.808. The van der Waals surface area contributed by atoms with Crippen LogP contribution in [-0.2, 0) is 7.05 Å². The van der Waals surface area contributed by atoms with E-state index in [-0.39, 0.29) is 11.9 Å². The Balaban J connectivity index is 1.85. The molecule has 3 heterocycles. The second-order valence-corrected chi connectivity index (χ2v) is 4.74. The van der Waals surface area contributed by atoms with E-state index in [1.807, 2.05) is 0 Å². The highest BCUT2D eigenvalue weighted by atomic mass is 16.5. The number of hydrogen-bond donors (Lipinski definition) is 0. The third kappa shape index (κ3) is 2.11. The van der Waals surface area contributed by atoms with Gasteiger partial charge in [-0.3, -0.25) is 9.48 Å². The average molecular weight is 261 g/mol. The molecule has 1 fully saturated rings. The van der Waals surface area contributed by atoms with E-state index in [0.29, 0.717) is 23.8 Å². The average Bonchev–Trinajstić information content (AvgIpc) is 3.07. The van der Waals surface area contributed by atoms with Crippen molar-refractivity contribution < 1.29 is 9.32 Å². The van der Waals surface area contributed by atoms with Crippen LogP contribution < -0.4 is 0 Å². The third-order valence-electron chi connectivity index (χ3n) is 3.29. The second-order valence-electron chi connectivity index (χ2n) is 4.74. The van der Waals surface area contributed by atoms with Gasteiger partial charge in [0, 0.05) is 19.8 Å². The smallest absolute Gasteiger partial charge is 0.257 e. The molecule has 2 aromatic rings. The van der Waals surface area contributed by atoms with E-state index >= 15 is 0 Å². The normalized spacial score (nSPS) is 19.1. The molecule has 19 heavy (non-hydrogen) atoms. The molecule has 1 aliphatic rings. The Morgan fingerprint density at radius 1 is 1.53 bits per heavy atom. The predicted molar refractivity (Wildman–Crippen MR) is 65.3 cm³/mol. The van der Waals surface area contributed by atoms with Crippen LogP contribution in [0.3, 0.4) is 0 Å². The molecule has 7 nitrogen and oxygen atoms in total. The molecule has 1 aliphatic heterocycles. The Kier molecular flexibility index (Phi) is 2.81. The lowest BCUT2D eigenvalue weighted by molar-refractivity contribution is 0.0710. The van der Waals surface area contributed by atoms with Gasteiger partial charge in [-0.1, -0.05) is 5.16 Å². The zero-order valence-electron chi connectivity index (χ0n) is 10.9. The topological polar surface area (TPSA) is 77.0 Å². The van der Waals surface area contributed by atoms with Gasteiger partial charge in [0.15, 0.2) is 5.82 Å². The van der Waals surface area contributed by atoms with Crippen LogP contribution in [0.15, 0.2) is 16.9 Å². The van der Waals surface area contributed by atoms with Crippen molar-refractivity contribution in [2.75, 3.05) is 6.54 Å². The molecule has 2 aromatic heterocycles. The zero-order valence-corrected chi connectivity index (χ0v) is 10.9. The maximum Gasteiger partial charge on any atom is 0.257 e. The van der Waals surface area contributed by atoms with Crippen molar-refractivity contribution in [3.63, 3.8) is 0 Å². The summed E-state index contributed by atoms with van der Waals surface area (Å²) in [6.07, 6.45) is 5.10. The fourth-order valence-corrected chi connectivity index (χ4v) is 2.41. The first-order chi connectivity index (χ1) is 9.15. The van der Waals surface area contributed by atoms with E-state index in [0.717, 1.165) is 12.8 Å². The van der Waals surface area contributed by atoms with Gasteiger partial charge in [0.2, 0.25) is 5.89 Å². The number of rotatable bonds is 2. The molecule has 7 heteroatoms. The van der Waals surface area contributed by atoms with Crippen molar-refractivity contribution in [3.05, 3.63) is 29.7 Å². The van der Waals surface area contributed by atoms with E-state index < -0.39 is 0 Å².